The summed E-state index contributed by atoms with van der Waals surface area (Å²) >= 11 is 0. The molecule has 0 aromatic heterocycles. The zero-order chi connectivity index (χ0) is 17.9. The minimum atomic E-state index is -3.89. The van der Waals surface area contributed by atoms with Crippen LogP contribution in [0.1, 0.15) is 38.7 Å². The lowest BCUT2D eigenvalue weighted by Gasteiger charge is -2.32. The van der Waals surface area contributed by atoms with E-state index in [9.17, 15) is 17.6 Å². The van der Waals surface area contributed by atoms with Crippen LogP contribution in [-0.2, 0) is 14.8 Å². The summed E-state index contributed by atoms with van der Waals surface area (Å²) in [7, 11) is -3.89. The van der Waals surface area contributed by atoms with E-state index >= 15 is 0 Å². The molecule has 0 spiro atoms. The van der Waals surface area contributed by atoms with Gasteiger partial charge in [-0.2, -0.15) is 4.72 Å². The molecule has 0 bridgehead atoms. The van der Waals surface area contributed by atoms with Crippen molar-refractivity contribution in [2.24, 2.45) is 5.92 Å². The lowest BCUT2D eigenvalue weighted by Crippen LogP contribution is -2.52. The third-order valence-electron chi connectivity index (χ3n) is 4.32. The molecule has 1 heterocycles. The molecule has 1 atom stereocenters. The highest BCUT2D eigenvalue weighted by atomic mass is 32.2. The monoisotopic (exact) mass is 356 g/mol. The van der Waals surface area contributed by atoms with Gasteiger partial charge in [-0.25, -0.2) is 12.8 Å². The number of hydrogen-bond acceptors (Lipinski definition) is 3. The van der Waals surface area contributed by atoms with Crippen molar-refractivity contribution in [1.29, 1.82) is 0 Å². The SMILES string of the molecule is Cc1cc(S(=O)(=O)N[C@H](C(=O)N2CCCCC2)C(C)C)ccc1F. The predicted molar refractivity (Wildman–Crippen MR) is 90.5 cm³/mol. The number of rotatable bonds is 5. The first-order valence-electron chi connectivity index (χ1n) is 8.29. The summed E-state index contributed by atoms with van der Waals surface area (Å²) in [4.78, 5) is 14.4. The number of halogens is 1. The molecule has 0 unspecified atom stereocenters. The van der Waals surface area contributed by atoms with Gasteiger partial charge in [0, 0.05) is 13.1 Å². The molecular formula is C17H25FN2O3S. The molecule has 134 valence electrons. The number of nitrogens with zero attached hydrogens (tertiary/aromatic N) is 1. The molecular weight excluding hydrogens is 331 g/mol. The maximum absolute atomic E-state index is 13.4. The van der Waals surface area contributed by atoms with Crippen LogP contribution in [0.2, 0.25) is 0 Å². The van der Waals surface area contributed by atoms with Crippen LogP contribution in [0.15, 0.2) is 23.1 Å². The van der Waals surface area contributed by atoms with Gasteiger partial charge >= 0.3 is 0 Å². The van der Waals surface area contributed by atoms with Crippen molar-refractivity contribution in [1.82, 2.24) is 9.62 Å². The van der Waals surface area contributed by atoms with Gasteiger partial charge in [0.05, 0.1) is 4.90 Å². The van der Waals surface area contributed by atoms with E-state index in [1.165, 1.54) is 19.1 Å². The molecule has 1 aliphatic heterocycles. The molecule has 2 rings (SSSR count). The van der Waals surface area contributed by atoms with Crippen LogP contribution in [0.25, 0.3) is 0 Å². The van der Waals surface area contributed by atoms with Crippen molar-refractivity contribution >= 4 is 15.9 Å². The fraction of sp³-hybridized carbons (Fsp3) is 0.588. The zero-order valence-electron chi connectivity index (χ0n) is 14.4. The molecule has 1 saturated heterocycles. The molecule has 0 saturated carbocycles. The molecule has 24 heavy (non-hydrogen) atoms. The van der Waals surface area contributed by atoms with E-state index < -0.39 is 21.9 Å². The Morgan fingerprint density at radius 1 is 1.21 bits per heavy atom. The summed E-state index contributed by atoms with van der Waals surface area (Å²) in [6.45, 7) is 6.46. The minimum absolute atomic E-state index is 0.0292. The van der Waals surface area contributed by atoms with Crippen molar-refractivity contribution in [2.75, 3.05) is 13.1 Å². The second-order valence-corrected chi connectivity index (χ2v) is 8.35. The fourth-order valence-corrected chi connectivity index (χ4v) is 4.22. The number of sulfonamides is 1. The van der Waals surface area contributed by atoms with Gasteiger partial charge in [-0.3, -0.25) is 4.79 Å². The largest absolute Gasteiger partial charge is 0.341 e. The fourth-order valence-electron chi connectivity index (χ4n) is 2.80. The smallest absolute Gasteiger partial charge is 0.241 e. The summed E-state index contributed by atoms with van der Waals surface area (Å²) in [6, 6.07) is 2.80. The van der Waals surface area contributed by atoms with E-state index in [-0.39, 0.29) is 22.3 Å². The van der Waals surface area contributed by atoms with E-state index in [1.807, 2.05) is 13.8 Å². The zero-order valence-corrected chi connectivity index (χ0v) is 15.2. The van der Waals surface area contributed by atoms with Crippen molar-refractivity contribution in [2.45, 2.75) is 51.0 Å². The number of aryl methyl sites for hydroxylation is 1. The molecule has 1 aromatic carbocycles. The van der Waals surface area contributed by atoms with E-state index in [0.29, 0.717) is 13.1 Å². The van der Waals surface area contributed by atoms with Crippen LogP contribution in [0.5, 0.6) is 0 Å². The van der Waals surface area contributed by atoms with Gasteiger partial charge in [0.2, 0.25) is 15.9 Å². The number of likely N-dealkylation sites (tertiary alicyclic amines) is 1. The van der Waals surface area contributed by atoms with Crippen LogP contribution in [0.4, 0.5) is 4.39 Å². The van der Waals surface area contributed by atoms with Gasteiger partial charge in [-0.05, 0) is 55.9 Å². The van der Waals surface area contributed by atoms with E-state index in [1.54, 1.807) is 4.90 Å². The molecule has 1 aromatic rings. The van der Waals surface area contributed by atoms with Gasteiger partial charge in [0.1, 0.15) is 11.9 Å². The topological polar surface area (TPSA) is 66.5 Å². The van der Waals surface area contributed by atoms with Gasteiger partial charge in [0.25, 0.3) is 0 Å². The van der Waals surface area contributed by atoms with E-state index in [0.717, 1.165) is 25.3 Å². The average molecular weight is 356 g/mol. The highest BCUT2D eigenvalue weighted by molar-refractivity contribution is 7.89. The van der Waals surface area contributed by atoms with Crippen LogP contribution < -0.4 is 4.72 Å². The molecule has 0 aliphatic carbocycles. The number of carbonyl (C=O) groups is 1. The number of piperidine rings is 1. The minimum Gasteiger partial charge on any atom is -0.341 e. The standard InChI is InChI=1S/C17H25FN2O3S/c1-12(2)16(17(21)20-9-5-4-6-10-20)19-24(22,23)14-7-8-15(18)13(3)11-14/h7-8,11-12,16,19H,4-6,9-10H2,1-3H3/t16-/m0/s1. The van der Waals surface area contributed by atoms with Gasteiger partial charge in [-0.15, -0.1) is 0 Å². The number of benzene rings is 1. The third kappa shape index (κ3) is 4.33. The molecule has 0 radical (unpaired) electrons. The first-order valence-corrected chi connectivity index (χ1v) is 9.78. The lowest BCUT2D eigenvalue weighted by atomic mass is 10.0. The van der Waals surface area contributed by atoms with E-state index in [2.05, 4.69) is 4.72 Å². The predicted octanol–water partition coefficient (Wildman–Crippen LogP) is 2.45. The molecule has 7 heteroatoms. The summed E-state index contributed by atoms with van der Waals surface area (Å²) in [5, 5.41) is 0. The summed E-state index contributed by atoms with van der Waals surface area (Å²) < 4.78 is 41.1. The maximum Gasteiger partial charge on any atom is 0.241 e. The van der Waals surface area contributed by atoms with Crippen molar-refractivity contribution in [3.63, 3.8) is 0 Å². The summed E-state index contributed by atoms with van der Waals surface area (Å²) in [6.07, 6.45) is 2.98. The molecule has 5 nitrogen and oxygen atoms in total. The Morgan fingerprint density at radius 3 is 2.38 bits per heavy atom. The van der Waals surface area contributed by atoms with Crippen molar-refractivity contribution in [3.05, 3.63) is 29.6 Å². The second-order valence-electron chi connectivity index (χ2n) is 6.64. The molecule has 1 fully saturated rings. The Morgan fingerprint density at radius 2 is 1.83 bits per heavy atom. The normalized spacial score (nSPS) is 17.1. The number of carbonyl (C=O) groups excluding carboxylic acids is 1. The van der Waals surface area contributed by atoms with Crippen LogP contribution in [0, 0.1) is 18.7 Å². The highest BCUT2D eigenvalue weighted by Gasteiger charge is 2.32. The maximum atomic E-state index is 13.4. The van der Waals surface area contributed by atoms with Crippen LogP contribution in [-0.4, -0.2) is 38.4 Å². The van der Waals surface area contributed by atoms with E-state index in [4.69, 9.17) is 0 Å². The van der Waals surface area contributed by atoms with Crippen LogP contribution in [0.3, 0.4) is 0 Å². The summed E-state index contributed by atoms with van der Waals surface area (Å²) in [5.74, 6) is -0.832. The first kappa shape index (κ1) is 18.9. The third-order valence-corrected chi connectivity index (χ3v) is 5.76. The lowest BCUT2D eigenvalue weighted by molar-refractivity contribution is -0.134. The Balaban J connectivity index is 2.22. The van der Waals surface area contributed by atoms with Gasteiger partial charge in [-0.1, -0.05) is 13.8 Å². The van der Waals surface area contributed by atoms with Crippen LogP contribution >= 0.6 is 0 Å². The first-order chi connectivity index (χ1) is 11.2. The van der Waals surface area contributed by atoms with Crippen molar-refractivity contribution in [3.8, 4) is 0 Å². The Hall–Kier alpha value is -1.47. The second kappa shape index (κ2) is 7.61. The van der Waals surface area contributed by atoms with Gasteiger partial charge < -0.3 is 4.90 Å². The molecule has 1 aliphatic rings. The Kier molecular flexibility index (Phi) is 5.98. The Bertz CT molecular complexity index is 698. The molecule has 1 N–H and O–H groups in total. The quantitative estimate of drug-likeness (QED) is 0.881. The highest BCUT2D eigenvalue weighted by Crippen LogP contribution is 2.18. The number of nitrogens with one attached hydrogen (secondary N) is 1. The Labute approximate surface area is 143 Å². The number of amides is 1. The summed E-state index contributed by atoms with van der Waals surface area (Å²) in [5.41, 5.74) is 0.251. The van der Waals surface area contributed by atoms with Gasteiger partial charge in [0.15, 0.2) is 0 Å². The average Bonchev–Trinajstić information content (AvgIpc) is 2.55. The molecule has 1 amide bonds. The number of hydrogen-bond donors (Lipinski definition) is 1. The van der Waals surface area contributed by atoms with Crippen molar-refractivity contribution < 1.29 is 17.6 Å².